The number of hydrogen-bond acceptors (Lipinski definition) is 4. The summed E-state index contributed by atoms with van der Waals surface area (Å²) in [5.41, 5.74) is 0.891. The van der Waals surface area contributed by atoms with E-state index in [1.165, 1.54) is 25.7 Å². The minimum absolute atomic E-state index is 0.0414. The first-order valence-corrected chi connectivity index (χ1v) is 11.6. The van der Waals surface area contributed by atoms with Crippen LogP contribution in [0.4, 0.5) is 0 Å². The molecule has 0 aromatic heterocycles. The molecule has 0 bridgehead atoms. The van der Waals surface area contributed by atoms with Crippen LogP contribution in [0.2, 0.25) is 0 Å². The van der Waals surface area contributed by atoms with Gasteiger partial charge in [-0.25, -0.2) is 0 Å². The third-order valence-electron chi connectivity index (χ3n) is 6.04. The van der Waals surface area contributed by atoms with Crippen LogP contribution < -0.4 is 14.8 Å². The van der Waals surface area contributed by atoms with Gasteiger partial charge in [0.25, 0.3) is 0 Å². The number of ether oxygens (including phenoxy) is 2. The molecule has 6 nitrogen and oxygen atoms in total. The number of fused-ring (bicyclic) bond motifs is 1. The van der Waals surface area contributed by atoms with Gasteiger partial charge >= 0.3 is 0 Å². The van der Waals surface area contributed by atoms with Crippen molar-refractivity contribution in [2.24, 2.45) is 5.92 Å². The van der Waals surface area contributed by atoms with E-state index in [0.29, 0.717) is 50.1 Å². The van der Waals surface area contributed by atoms with Gasteiger partial charge in [0.1, 0.15) is 0 Å². The lowest BCUT2D eigenvalue weighted by Crippen LogP contribution is -2.40. The molecule has 1 aromatic carbocycles. The largest absolute Gasteiger partial charge is 0.490 e. The highest BCUT2D eigenvalue weighted by molar-refractivity contribution is 5.84. The topological polar surface area (TPSA) is 67.9 Å². The molecular weight excluding hydrogens is 380 g/mol. The fraction of sp³-hybridized carbons (Fsp3) is 0.667. The molecule has 1 aliphatic heterocycles. The maximum atomic E-state index is 13.1. The van der Waals surface area contributed by atoms with E-state index in [-0.39, 0.29) is 18.4 Å². The Labute approximate surface area is 180 Å². The number of nitrogens with zero attached hydrogens (tertiary/aromatic N) is 1. The first-order valence-electron chi connectivity index (χ1n) is 11.6. The lowest BCUT2D eigenvalue weighted by atomic mass is 10.0. The maximum absolute atomic E-state index is 13.1. The molecule has 1 heterocycles. The zero-order chi connectivity index (χ0) is 21.2. The molecular formula is C24H36N2O4. The average molecular weight is 417 g/mol. The minimum atomic E-state index is -0.0908. The zero-order valence-electron chi connectivity index (χ0n) is 18.3. The van der Waals surface area contributed by atoms with Crippen molar-refractivity contribution in [1.29, 1.82) is 0 Å². The van der Waals surface area contributed by atoms with E-state index in [9.17, 15) is 9.59 Å². The highest BCUT2D eigenvalue weighted by Gasteiger charge is 2.23. The SMILES string of the molecule is CCOc1cccc2c1OCCCCCNC(=O)CN(C(=O)CCC1CCCC1)C2. The Kier molecular flexibility index (Phi) is 8.84. The smallest absolute Gasteiger partial charge is 0.239 e. The van der Waals surface area contributed by atoms with Crippen molar-refractivity contribution < 1.29 is 19.1 Å². The van der Waals surface area contributed by atoms with Crippen LogP contribution in [0.1, 0.15) is 70.3 Å². The molecule has 1 fully saturated rings. The molecule has 1 aliphatic carbocycles. The average Bonchev–Trinajstić information content (AvgIpc) is 3.26. The highest BCUT2D eigenvalue weighted by atomic mass is 16.5. The number of benzene rings is 1. The Morgan fingerprint density at radius 2 is 2.00 bits per heavy atom. The third-order valence-corrected chi connectivity index (χ3v) is 6.04. The molecule has 0 radical (unpaired) electrons. The third kappa shape index (κ3) is 6.64. The molecule has 0 atom stereocenters. The predicted octanol–water partition coefficient (Wildman–Crippen LogP) is 4.06. The molecule has 2 aliphatic rings. The molecule has 2 amide bonds. The van der Waals surface area contributed by atoms with Gasteiger partial charge in [-0.15, -0.1) is 0 Å². The van der Waals surface area contributed by atoms with E-state index < -0.39 is 0 Å². The van der Waals surface area contributed by atoms with Crippen molar-refractivity contribution in [3.63, 3.8) is 0 Å². The lowest BCUT2D eigenvalue weighted by molar-refractivity contribution is -0.136. The number of nitrogens with one attached hydrogen (secondary N) is 1. The predicted molar refractivity (Wildman–Crippen MR) is 117 cm³/mol. The first-order chi connectivity index (χ1) is 14.7. The molecule has 1 N–H and O–H groups in total. The van der Waals surface area contributed by atoms with Crippen LogP contribution >= 0.6 is 0 Å². The van der Waals surface area contributed by atoms with E-state index in [1.807, 2.05) is 25.1 Å². The van der Waals surface area contributed by atoms with Gasteiger partial charge in [-0.1, -0.05) is 37.8 Å². The number of carbonyl (C=O) groups is 2. The highest BCUT2D eigenvalue weighted by Crippen LogP contribution is 2.33. The fourth-order valence-electron chi connectivity index (χ4n) is 4.38. The van der Waals surface area contributed by atoms with Crippen LogP contribution in [0, 0.1) is 5.92 Å². The summed E-state index contributed by atoms with van der Waals surface area (Å²) in [7, 11) is 0. The Morgan fingerprint density at radius 3 is 2.80 bits per heavy atom. The van der Waals surface area contributed by atoms with Gasteiger partial charge in [-0.3, -0.25) is 9.59 Å². The number of para-hydroxylation sites is 1. The van der Waals surface area contributed by atoms with Crippen molar-refractivity contribution in [3.05, 3.63) is 23.8 Å². The molecule has 0 spiro atoms. The second kappa shape index (κ2) is 11.8. The van der Waals surface area contributed by atoms with Gasteiger partial charge in [0.2, 0.25) is 11.8 Å². The van der Waals surface area contributed by atoms with Crippen LogP contribution in [-0.4, -0.2) is 43.0 Å². The van der Waals surface area contributed by atoms with Crippen molar-refractivity contribution in [2.75, 3.05) is 26.3 Å². The Hall–Kier alpha value is -2.24. The van der Waals surface area contributed by atoms with Crippen LogP contribution in [0.3, 0.4) is 0 Å². The number of hydrogen-bond donors (Lipinski definition) is 1. The van der Waals surface area contributed by atoms with Gasteiger partial charge in [0, 0.05) is 25.1 Å². The normalized spacial score (nSPS) is 19.0. The molecule has 1 aromatic rings. The lowest BCUT2D eigenvalue weighted by Gasteiger charge is -2.25. The summed E-state index contributed by atoms with van der Waals surface area (Å²) in [5, 5.41) is 2.96. The minimum Gasteiger partial charge on any atom is -0.490 e. The summed E-state index contributed by atoms with van der Waals surface area (Å²) in [6.45, 7) is 4.17. The second-order valence-electron chi connectivity index (χ2n) is 8.38. The molecule has 0 unspecified atom stereocenters. The molecule has 1 saturated carbocycles. The summed E-state index contributed by atoms with van der Waals surface area (Å²) < 4.78 is 11.9. The summed E-state index contributed by atoms with van der Waals surface area (Å²) in [4.78, 5) is 27.2. The monoisotopic (exact) mass is 416 g/mol. The number of rotatable bonds is 5. The van der Waals surface area contributed by atoms with Gasteiger partial charge in [-0.05, 0) is 44.6 Å². The van der Waals surface area contributed by atoms with Crippen molar-refractivity contribution in [2.45, 2.75) is 71.3 Å². The Bertz CT molecular complexity index is 700. The molecule has 6 heteroatoms. The van der Waals surface area contributed by atoms with E-state index in [4.69, 9.17) is 9.47 Å². The fourth-order valence-corrected chi connectivity index (χ4v) is 4.38. The standard InChI is InChI=1S/C24H36N2O4/c1-2-29-21-12-8-11-20-17-26(23(28)14-13-19-9-4-5-10-19)18-22(27)25-15-6-3-7-16-30-24(20)21/h8,11-12,19H,2-7,9-10,13-18H2,1H3,(H,25,27). The maximum Gasteiger partial charge on any atom is 0.239 e. The van der Waals surface area contributed by atoms with E-state index in [2.05, 4.69) is 5.32 Å². The van der Waals surface area contributed by atoms with Gasteiger partial charge in [0.05, 0.1) is 19.8 Å². The molecule has 166 valence electrons. The Balaban J connectivity index is 1.78. The summed E-state index contributed by atoms with van der Waals surface area (Å²) >= 11 is 0. The Morgan fingerprint density at radius 1 is 1.17 bits per heavy atom. The van der Waals surface area contributed by atoms with E-state index in [0.717, 1.165) is 31.2 Å². The summed E-state index contributed by atoms with van der Waals surface area (Å²) in [6, 6.07) is 5.79. The quantitative estimate of drug-likeness (QED) is 0.786. The molecule has 30 heavy (non-hydrogen) atoms. The van der Waals surface area contributed by atoms with Crippen molar-refractivity contribution >= 4 is 11.8 Å². The number of carbonyl (C=O) groups excluding carboxylic acids is 2. The van der Waals surface area contributed by atoms with Gasteiger partial charge < -0.3 is 19.7 Å². The van der Waals surface area contributed by atoms with Gasteiger partial charge in [0.15, 0.2) is 11.5 Å². The summed E-state index contributed by atoms with van der Waals surface area (Å²) in [5.74, 6) is 2.01. The number of amides is 2. The van der Waals surface area contributed by atoms with Crippen LogP contribution in [0.25, 0.3) is 0 Å². The van der Waals surface area contributed by atoms with Crippen LogP contribution in [0.15, 0.2) is 18.2 Å². The van der Waals surface area contributed by atoms with Crippen LogP contribution in [-0.2, 0) is 16.1 Å². The van der Waals surface area contributed by atoms with Crippen molar-refractivity contribution in [1.82, 2.24) is 10.2 Å². The zero-order valence-corrected chi connectivity index (χ0v) is 18.3. The van der Waals surface area contributed by atoms with Gasteiger partial charge in [-0.2, -0.15) is 0 Å². The molecule has 3 rings (SSSR count). The first kappa shape index (κ1) is 22.4. The van der Waals surface area contributed by atoms with Crippen LogP contribution in [0.5, 0.6) is 11.5 Å². The van der Waals surface area contributed by atoms with E-state index >= 15 is 0 Å². The summed E-state index contributed by atoms with van der Waals surface area (Å²) in [6.07, 6.45) is 9.22. The molecule has 0 saturated heterocycles. The van der Waals surface area contributed by atoms with E-state index in [1.54, 1.807) is 4.90 Å². The van der Waals surface area contributed by atoms with Crippen molar-refractivity contribution in [3.8, 4) is 11.5 Å². The second-order valence-corrected chi connectivity index (χ2v) is 8.38.